The molecule has 0 bridgehead atoms. The number of nitrogens with one attached hydrogen (secondary N) is 1. The molecule has 0 atom stereocenters. The monoisotopic (exact) mass is 331 g/mol. The molecule has 0 saturated heterocycles. The lowest BCUT2D eigenvalue weighted by Crippen LogP contribution is -2.19. The number of amides is 1. The van der Waals surface area contributed by atoms with Crippen LogP contribution in [0.4, 0.5) is 5.69 Å². The number of hydrogen-bond donors (Lipinski definition) is 1. The molecule has 0 aliphatic rings. The van der Waals surface area contributed by atoms with Crippen molar-refractivity contribution in [2.24, 2.45) is 0 Å². The van der Waals surface area contributed by atoms with Gasteiger partial charge >= 0.3 is 0 Å². The number of para-hydroxylation sites is 1. The molecule has 0 fully saturated rings. The van der Waals surface area contributed by atoms with Crippen LogP contribution in [-0.2, 0) is 9.53 Å². The summed E-state index contributed by atoms with van der Waals surface area (Å²) in [6.07, 6.45) is 0. The van der Waals surface area contributed by atoms with Crippen molar-refractivity contribution in [3.63, 3.8) is 0 Å². The zero-order chi connectivity index (χ0) is 15.9. The van der Waals surface area contributed by atoms with Gasteiger partial charge in [-0.2, -0.15) is 0 Å². The first-order valence-electron chi connectivity index (χ1n) is 6.67. The lowest BCUT2D eigenvalue weighted by Gasteiger charge is -2.18. The van der Waals surface area contributed by atoms with E-state index in [1.807, 2.05) is 0 Å². The lowest BCUT2D eigenvalue weighted by molar-refractivity contribution is -0.113. The topological polar surface area (TPSA) is 47.6 Å². The third kappa shape index (κ3) is 7.07. The molecule has 118 valence electrons. The van der Waals surface area contributed by atoms with E-state index < -0.39 is 0 Å². The van der Waals surface area contributed by atoms with Crippen molar-refractivity contribution in [3.8, 4) is 5.75 Å². The minimum Gasteiger partial charge on any atom is -0.487 e. The summed E-state index contributed by atoms with van der Waals surface area (Å²) >= 11 is 7.71. The van der Waals surface area contributed by atoms with Gasteiger partial charge in [0, 0.05) is 11.9 Å². The van der Waals surface area contributed by atoms with E-state index in [4.69, 9.17) is 21.1 Å². The Kier molecular flexibility index (Phi) is 7.35. The van der Waals surface area contributed by atoms with Crippen LogP contribution in [0.1, 0.15) is 20.8 Å². The molecule has 0 radical (unpaired) electrons. The van der Waals surface area contributed by atoms with Crippen molar-refractivity contribution in [2.75, 3.05) is 31.4 Å². The third-order valence-corrected chi connectivity index (χ3v) is 3.98. The van der Waals surface area contributed by atoms with Gasteiger partial charge in [-0.15, -0.1) is 11.8 Å². The highest BCUT2D eigenvalue weighted by atomic mass is 35.5. The molecule has 0 unspecified atom stereocenters. The minimum absolute atomic E-state index is 0.0451. The maximum atomic E-state index is 12.0. The third-order valence-electron chi connectivity index (χ3n) is 2.41. The molecular formula is C15H22ClNO3S. The Morgan fingerprint density at radius 1 is 1.33 bits per heavy atom. The number of halogens is 1. The summed E-state index contributed by atoms with van der Waals surface area (Å²) in [5.74, 6) is 0.784. The molecule has 1 aromatic carbocycles. The van der Waals surface area contributed by atoms with Crippen LogP contribution in [0.15, 0.2) is 18.2 Å². The normalized spacial score (nSPS) is 11.3. The van der Waals surface area contributed by atoms with Gasteiger partial charge in [0.15, 0.2) is 5.75 Å². The van der Waals surface area contributed by atoms with E-state index in [0.29, 0.717) is 35.4 Å². The predicted octanol–water partition coefficient (Wildman–Crippen LogP) is 3.84. The molecule has 1 aromatic rings. The van der Waals surface area contributed by atoms with Crippen molar-refractivity contribution in [2.45, 2.75) is 25.5 Å². The Bertz CT molecular complexity index is 474. The largest absolute Gasteiger partial charge is 0.487 e. The molecule has 4 nitrogen and oxygen atoms in total. The molecule has 0 spiro atoms. The van der Waals surface area contributed by atoms with Crippen molar-refractivity contribution < 1.29 is 14.3 Å². The standard InChI is InChI=1S/C15H22ClNO3S/c1-15(2,3)21-10-13(18)17-12-7-5-6-11(16)14(12)20-9-8-19-4/h5-7H,8-10H2,1-4H3,(H,17,18). The zero-order valence-electron chi connectivity index (χ0n) is 12.9. The van der Waals surface area contributed by atoms with Gasteiger partial charge in [0.2, 0.25) is 5.91 Å². The maximum absolute atomic E-state index is 12.0. The second-order valence-electron chi connectivity index (χ2n) is 5.41. The molecule has 0 saturated carbocycles. The summed E-state index contributed by atoms with van der Waals surface area (Å²) in [6.45, 7) is 7.05. The Balaban J connectivity index is 2.69. The number of thioether (sulfide) groups is 1. The van der Waals surface area contributed by atoms with E-state index in [1.54, 1.807) is 37.1 Å². The van der Waals surface area contributed by atoms with Crippen LogP contribution in [0.3, 0.4) is 0 Å². The first kappa shape index (κ1) is 18.1. The fourth-order valence-corrected chi connectivity index (χ4v) is 2.31. The SMILES string of the molecule is COCCOc1c(Cl)cccc1NC(=O)CSC(C)(C)C. The van der Waals surface area contributed by atoms with Gasteiger partial charge in [-0.1, -0.05) is 38.4 Å². The van der Waals surface area contributed by atoms with E-state index in [9.17, 15) is 4.79 Å². The van der Waals surface area contributed by atoms with Crippen LogP contribution in [0.2, 0.25) is 5.02 Å². The molecule has 1 amide bonds. The Labute approximate surface area is 135 Å². The van der Waals surface area contributed by atoms with Crippen LogP contribution < -0.4 is 10.1 Å². The average molecular weight is 332 g/mol. The van der Waals surface area contributed by atoms with Gasteiger partial charge in [-0.3, -0.25) is 4.79 Å². The van der Waals surface area contributed by atoms with E-state index in [1.165, 1.54) is 0 Å². The molecule has 21 heavy (non-hydrogen) atoms. The minimum atomic E-state index is -0.0752. The van der Waals surface area contributed by atoms with Crippen LogP contribution in [0.25, 0.3) is 0 Å². The quantitative estimate of drug-likeness (QED) is 0.771. The number of ether oxygens (including phenoxy) is 2. The van der Waals surface area contributed by atoms with Crippen molar-refractivity contribution in [1.29, 1.82) is 0 Å². The van der Waals surface area contributed by atoms with Crippen LogP contribution in [0.5, 0.6) is 5.75 Å². The van der Waals surface area contributed by atoms with Crippen LogP contribution >= 0.6 is 23.4 Å². The average Bonchev–Trinajstić information content (AvgIpc) is 2.39. The Morgan fingerprint density at radius 2 is 2.05 bits per heavy atom. The van der Waals surface area contributed by atoms with Gasteiger partial charge in [-0.25, -0.2) is 0 Å². The van der Waals surface area contributed by atoms with Crippen molar-refractivity contribution in [1.82, 2.24) is 0 Å². The number of benzene rings is 1. The maximum Gasteiger partial charge on any atom is 0.234 e. The molecule has 6 heteroatoms. The number of methoxy groups -OCH3 is 1. The summed E-state index contributed by atoms with van der Waals surface area (Å²) < 4.78 is 10.6. The second-order valence-corrected chi connectivity index (χ2v) is 7.62. The van der Waals surface area contributed by atoms with Crippen molar-refractivity contribution >= 4 is 35.0 Å². The highest BCUT2D eigenvalue weighted by Gasteiger charge is 2.15. The number of rotatable bonds is 7. The van der Waals surface area contributed by atoms with E-state index in [-0.39, 0.29) is 10.7 Å². The molecule has 0 aliphatic heterocycles. The van der Waals surface area contributed by atoms with Crippen molar-refractivity contribution in [3.05, 3.63) is 23.2 Å². The van der Waals surface area contributed by atoms with E-state index >= 15 is 0 Å². The van der Waals surface area contributed by atoms with Gasteiger partial charge in [0.25, 0.3) is 0 Å². The number of carbonyl (C=O) groups excluding carboxylic acids is 1. The fourth-order valence-electron chi connectivity index (χ4n) is 1.45. The van der Waals surface area contributed by atoms with Gasteiger partial charge < -0.3 is 14.8 Å². The lowest BCUT2D eigenvalue weighted by atomic mass is 10.3. The number of hydrogen-bond acceptors (Lipinski definition) is 4. The molecular weight excluding hydrogens is 310 g/mol. The van der Waals surface area contributed by atoms with E-state index in [0.717, 1.165) is 0 Å². The van der Waals surface area contributed by atoms with E-state index in [2.05, 4.69) is 26.1 Å². The summed E-state index contributed by atoms with van der Waals surface area (Å²) in [5.41, 5.74) is 0.582. The molecule has 0 heterocycles. The highest BCUT2D eigenvalue weighted by molar-refractivity contribution is 8.01. The first-order chi connectivity index (χ1) is 9.83. The Morgan fingerprint density at radius 3 is 2.67 bits per heavy atom. The number of anilines is 1. The smallest absolute Gasteiger partial charge is 0.234 e. The fraction of sp³-hybridized carbons (Fsp3) is 0.533. The zero-order valence-corrected chi connectivity index (χ0v) is 14.4. The van der Waals surface area contributed by atoms with Crippen LogP contribution in [-0.4, -0.2) is 36.7 Å². The van der Waals surface area contributed by atoms with Crippen LogP contribution in [0, 0.1) is 0 Å². The summed E-state index contributed by atoms with van der Waals surface area (Å²) in [4.78, 5) is 12.0. The van der Waals surface area contributed by atoms with Gasteiger partial charge in [-0.05, 0) is 12.1 Å². The molecule has 0 aromatic heterocycles. The highest BCUT2D eigenvalue weighted by Crippen LogP contribution is 2.33. The Hall–Kier alpha value is -0.910. The second kappa shape index (κ2) is 8.51. The summed E-state index contributed by atoms with van der Waals surface area (Å²) in [7, 11) is 1.60. The molecule has 1 N–H and O–H groups in total. The first-order valence-corrected chi connectivity index (χ1v) is 8.04. The number of carbonyl (C=O) groups is 1. The predicted molar refractivity (Wildman–Crippen MR) is 89.7 cm³/mol. The summed E-state index contributed by atoms with van der Waals surface area (Å²) in [6, 6.07) is 5.27. The van der Waals surface area contributed by atoms with Gasteiger partial charge in [0.1, 0.15) is 6.61 Å². The summed E-state index contributed by atoms with van der Waals surface area (Å²) in [5, 5.41) is 3.31. The molecule has 0 aliphatic carbocycles. The van der Waals surface area contributed by atoms with Gasteiger partial charge in [0.05, 0.1) is 23.1 Å². The molecule has 1 rings (SSSR count).